The highest BCUT2D eigenvalue weighted by atomic mass is 35.5. The van der Waals surface area contributed by atoms with E-state index >= 15 is 0 Å². The maximum Gasteiger partial charge on any atom is 0.262 e. The number of anilines is 1. The number of halogens is 2. The van der Waals surface area contributed by atoms with Gasteiger partial charge in [0, 0.05) is 46.9 Å². The summed E-state index contributed by atoms with van der Waals surface area (Å²) in [6.07, 6.45) is 0. The first-order valence-corrected chi connectivity index (χ1v) is 10.3. The van der Waals surface area contributed by atoms with Crippen molar-refractivity contribution in [3.8, 4) is 5.75 Å². The lowest BCUT2D eigenvalue weighted by Crippen LogP contribution is -2.32. The Kier molecular flexibility index (Phi) is 7.08. The molecule has 3 rings (SSSR count). The standard InChI is InChI=1S/C19H20Cl2N2O2S/c20-15-9-16(21)11-18(10-15)25-13-19(24)22-17-3-1-2-14(8-17)12-23-4-6-26-7-5-23/h1-3,8-11H,4-7,12-13H2,(H,22,24). The minimum atomic E-state index is -0.229. The molecular weight excluding hydrogens is 391 g/mol. The van der Waals surface area contributed by atoms with Gasteiger partial charge in [-0.3, -0.25) is 9.69 Å². The summed E-state index contributed by atoms with van der Waals surface area (Å²) in [7, 11) is 0. The number of hydrogen-bond acceptors (Lipinski definition) is 4. The van der Waals surface area contributed by atoms with Crippen molar-refractivity contribution in [1.29, 1.82) is 0 Å². The first kappa shape index (κ1) is 19.4. The minimum Gasteiger partial charge on any atom is -0.484 e. The zero-order valence-electron chi connectivity index (χ0n) is 14.2. The van der Waals surface area contributed by atoms with Gasteiger partial charge in [0.05, 0.1) is 0 Å². The quantitative estimate of drug-likeness (QED) is 0.757. The maximum atomic E-state index is 12.1. The van der Waals surface area contributed by atoms with E-state index in [1.807, 2.05) is 30.0 Å². The fraction of sp³-hybridized carbons (Fsp3) is 0.316. The van der Waals surface area contributed by atoms with Crippen molar-refractivity contribution in [2.24, 2.45) is 0 Å². The third-order valence-corrected chi connectivity index (χ3v) is 5.31. The molecular formula is C19H20Cl2N2O2S. The van der Waals surface area contributed by atoms with Gasteiger partial charge in [-0.25, -0.2) is 0 Å². The molecule has 1 fully saturated rings. The molecule has 1 aliphatic rings. The molecule has 1 amide bonds. The highest BCUT2D eigenvalue weighted by molar-refractivity contribution is 7.99. The van der Waals surface area contributed by atoms with E-state index in [0.717, 1.165) is 25.3 Å². The Balaban J connectivity index is 1.52. The second-order valence-electron chi connectivity index (χ2n) is 6.03. The molecule has 138 valence electrons. The molecule has 0 spiro atoms. The highest BCUT2D eigenvalue weighted by Crippen LogP contribution is 2.24. The van der Waals surface area contributed by atoms with Crippen LogP contribution in [-0.2, 0) is 11.3 Å². The molecule has 26 heavy (non-hydrogen) atoms. The fourth-order valence-electron chi connectivity index (χ4n) is 2.72. The number of hydrogen-bond donors (Lipinski definition) is 1. The summed E-state index contributed by atoms with van der Waals surface area (Å²) in [5, 5.41) is 3.80. The number of rotatable bonds is 6. The van der Waals surface area contributed by atoms with E-state index in [1.54, 1.807) is 18.2 Å². The number of benzene rings is 2. The van der Waals surface area contributed by atoms with Crippen LogP contribution in [0, 0.1) is 0 Å². The molecule has 1 heterocycles. The highest BCUT2D eigenvalue weighted by Gasteiger charge is 2.11. The van der Waals surface area contributed by atoms with Crippen molar-refractivity contribution in [3.63, 3.8) is 0 Å². The van der Waals surface area contributed by atoms with Gasteiger partial charge in [-0.15, -0.1) is 0 Å². The SMILES string of the molecule is O=C(COc1cc(Cl)cc(Cl)c1)Nc1cccc(CN2CCSCC2)c1. The second kappa shape index (κ2) is 9.51. The van der Waals surface area contributed by atoms with Gasteiger partial charge in [-0.1, -0.05) is 35.3 Å². The van der Waals surface area contributed by atoms with Gasteiger partial charge in [-0.2, -0.15) is 11.8 Å². The molecule has 1 saturated heterocycles. The molecule has 7 heteroatoms. The zero-order chi connectivity index (χ0) is 18.4. The van der Waals surface area contributed by atoms with E-state index in [1.165, 1.54) is 17.1 Å². The van der Waals surface area contributed by atoms with E-state index < -0.39 is 0 Å². The lowest BCUT2D eigenvalue weighted by molar-refractivity contribution is -0.118. The van der Waals surface area contributed by atoms with E-state index in [-0.39, 0.29) is 12.5 Å². The van der Waals surface area contributed by atoms with Gasteiger partial charge in [-0.05, 0) is 35.9 Å². The van der Waals surface area contributed by atoms with Crippen LogP contribution in [0.4, 0.5) is 5.69 Å². The molecule has 2 aromatic carbocycles. The Hall–Kier alpha value is -1.40. The zero-order valence-corrected chi connectivity index (χ0v) is 16.5. The van der Waals surface area contributed by atoms with Crippen LogP contribution >= 0.6 is 35.0 Å². The molecule has 0 aliphatic carbocycles. The van der Waals surface area contributed by atoms with Crippen LogP contribution in [0.1, 0.15) is 5.56 Å². The molecule has 0 radical (unpaired) electrons. The van der Waals surface area contributed by atoms with Crippen molar-refractivity contribution >= 4 is 46.6 Å². The summed E-state index contributed by atoms with van der Waals surface area (Å²) in [5.41, 5.74) is 1.96. The topological polar surface area (TPSA) is 41.6 Å². The summed E-state index contributed by atoms with van der Waals surface area (Å²) in [5.74, 6) is 2.60. The molecule has 4 nitrogen and oxygen atoms in total. The van der Waals surface area contributed by atoms with Crippen molar-refractivity contribution in [1.82, 2.24) is 4.90 Å². The first-order valence-electron chi connectivity index (χ1n) is 8.36. The predicted octanol–water partition coefficient (Wildman–Crippen LogP) is 4.56. The molecule has 1 N–H and O–H groups in total. The Morgan fingerprint density at radius 1 is 1.12 bits per heavy atom. The third-order valence-electron chi connectivity index (χ3n) is 3.93. The van der Waals surface area contributed by atoms with Gasteiger partial charge in [0.15, 0.2) is 6.61 Å². The van der Waals surface area contributed by atoms with Gasteiger partial charge < -0.3 is 10.1 Å². The van der Waals surface area contributed by atoms with Crippen LogP contribution < -0.4 is 10.1 Å². The van der Waals surface area contributed by atoms with Crippen molar-refractivity contribution in [2.45, 2.75) is 6.54 Å². The van der Waals surface area contributed by atoms with Crippen LogP contribution in [-0.4, -0.2) is 42.0 Å². The van der Waals surface area contributed by atoms with Gasteiger partial charge in [0.1, 0.15) is 5.75 Å². The summed E-state index contributed by atoms with van der Waals surface area (Å²) < 4.78 is 5.46. The predicted molar refractivity (Wildman–Crippen MR) is 110 cm³/mol. The lowest BCUT2D eigenvalue weighted by atomic mass is 10.2. The third kappa shape index (κ3) is 6.09. The minimum absolute atomic E-state index is 0.107. The van der Waals surface area contributed by atoms with E-state index in [9.17, 15) is 4.79 Å². The molecule has 0 bridgehead atoms. The molecule has 0 saturated carbocycles. The van der Waals surface area contributed by atoms with Crippen molar-refractivity contribution in [2.75, 3.05) is 36.5 Å². The van der Waals surface area contributed by atoms with Gasteiger partial charge in [0.25, 0.3) is 5.91 Å². The van der Waals surface area contributed by atoms with E-state index in [4.69, 9.17) is 27.9 Å². The van der Waals surface area contributed by atoms with Gasteiger partial charge in [0.2, 0.25) is 0 Å². The van der Waals surface area contributed by atoms with Crippen LogP contribution in [0.2, 0.25) is 10.0 Å². The number of carbonyl (C=O) groups is 1. The number of nitrogens with zero attached hydrogens (tertiary/aromatic N) is 1. The van der Waals surface area contributed by atoms with Crippen molar-refractivity contribution < 1.29 is 9.53 Å². The monoisotopic (exact) mass is 410 g/mol. The van der Waals surface area contributed by atoms with Crippen molar-refractivity contribution in [3.05, 3.63) is 58.1 Å². The fourth-order valence-corrected chi connectivity index (χ4v) is 4.21. The Morgan fingerprint density at radius 3 is 2.58 bits per heavy atom. The molecule has 0 unspecified atom stereocenters. The largest absolute Gasteiger partial charge is 0.484 e. The first-order chi connectivity index (χ1) is 12.6. The van der Waals surface area contributed by atoms with Crippen LogP contribution in [0.25, 0.3) is 0 Å². The van der Waals surface area contributed by atoms with E-state index in [2.05, 4.69) is 16.3 Å². The van der Waals surface area contributed by atoms with Gasteiger partial charge >= 0.3 is 0 Å². The maximum absolute atomic E-state index is 12.1. The Bertz CT molecular complexity index is 747. The Labute approximate surface area is 167 Å². The summed E-state index contributed by atoms with van der Waals surface area (Å²) in [6, 6.07) is 12.8. The van der Waals surface area contributed by atoms with Crippen LogP contribution in [0.3, 0.4) is 0 Å². The summed E-state index contributed by atoms with van der Waals surface area (Å²) in [4.78, 5) is 14.6. The number of ether oxygens (including phenoxy) is 1. The molecule has 2 aromatic rings. The number of thioether (sulfide) groups is 1. The normalized spacial score (nSPS) is 14.8. The molecule has 0 aromatic heterocycles. The summed E-state index contributed by atoms with van der Waals surface area (Å²) in [6.45, 7) is 3.01. The number of amides is 1. The second-order valence-corrected chi connectivity index (χ2v) is 8.13. The van der Waals surface area contributed by atoms with Crippen LogP contribution in [0.15, 0.2) is 42.5 Å². The average Bonchev–Trinajstić information content (AvgIpc) is 2.60. The smallest absolute Gasteiger partial charge is 0.262 e. The number of nitrogens with one attached hydrogen (secondary N) is 1. The molecule has 1 aliphatic heterocycles. The Morgan fingerprint density at radius 2 is 1.85 bits per heavy atom. The molecule has 0 atom stereocenters. The number of carbonyl (C=O) groups excluding carboxylic acids is 1. The lowest BCUT2D eigenvalue weighted by Gasteiger charge is -2.26. The average molecular weight is 411 g/mol. The summed E-state index contributed by atoms with van der Waals surface area (Å²) >= 11 is 13.8. The van der Waals surface area contributed by atoms with Crippen LogP contribution in [0.5, 0.6) is 5.75 Å². The van der Waals surface area contributed by atoms with E-state index in [0.29, 0.717) is 15.8 Å².